The molecular weight excluding hydrogens is 424 g/mol. The highest BCUT2D eigenvalue weighted by molar-refractivity contribution is 14.0. The van der Waals surface area contributed by atoms with E-state index in [0.717, 1.165) is 19.4 Å². The summed E-state index contributed by atoms with van der Waals surface area (Å²) in [7, 11) is 1.39. The Morgan fingerprint density at radius 2 is 2.00 bits per heavy atom. The highest BCUT2D eigenvalue weighted by atomic mass is 127. The molecule has 0 amide bonds. The maximum Gasteiger partial charge on any atom is 0.305 e. The number of ether oxygens (including phenoxy) is 1. The minimum Gasteiger partial charge on any atom is -0.469 e. The lowest BCUT2D eigenvalue weighted by Gasteiger charge is -2.11. The third kappa shape index (κ3) is 9.69. The predicted octanol–water partition coefficient (Wildman–Crippen LogP) is 2.88. The lowest BCUT2D eigenvalue weighted by atomic mass is 10.1. The smallest absolute Gasteiger partial charge is 0.305 e. The van der Waals surface area contributed by atoms with Gasteiger partial charge in [0.25, 0.3) is 0 Å². The number of carbonyl (C=O) groups is 1. The van der Waals surface area contributed by atoms with Crippen molar-refractivity contribution in [1.82, 2.24) is 10.6 Å². The Kier molecular flexibility index (Phi) is 13.2. The van der Waals surface area contributed by atoms with Crippen molar-refractivity contribution in [3.63, 3.8) is 0 Å². The van der Waals surface area contributed by atoms with Gasteiger partial charge in [-0.2, -0.15) is 0 Å². The van der Waals surface area contributed by atoms with Crippen LogP contribution >= 0.6 is 24.0 Å². The first-order valence-corrected chi connectivity index (χ1v) is 7.99. The summed E-state index contributed by atoms with van der Waals surface area (Å²) in [5, 5.41) is 6.34. The number of methoxy groups -OCH3 is 1. The zero-order valence-corrected chi connectivity index (χ0v) is 16.6. The van der Waals surface area contributed by atoms with E-state index in [1.807, 2.05) is 13.0 Å². The number of rotatable bonds is 9. The highest BCUT2D eigenvalue weighted by Gasteiger charge is 2.02. The van der Waals surface area contributed by atoms with Crippen LogP contribution in [-0.2, 0) is 16.0 Å². The van der Waals surface area contributed by atoms with Crippen molar-refractivity contribution in [2.24, 2.45) is 4.99 Å². The zero-order chi connectivity index (χ0) is 16.9. The molecule has 1 aromatic carbocycles. The fourth-order valence-corrected chi connectivity index (χ4v) is 2.03. The molecule has 0 radical (unpaired) electrons. The van der Waals surface area contributed by atoms with Crippen LogP contribution in [0.25, 0.3) is 0 Å². The predicted molar refractivity (Wildman–Crippen MR) is 105 cm³/mol. The van der Waals surface area contributed by atoms with Gasteiger partial charge in [0, 0.05) is 26.1 Å². The lowest BCUT2D eigenvalue weighted by Crippen LogP contribution is -2.38. The van der Waals surface area contributed by atoms with E-state index in [1.54, 1.807) is 12.1 Å². The van der Waals surface area contributed by atoms with Crippen LogP contribution in [0.2, 0.25) is 0 Å². The van der Waals surface area contributed by atoms with Crippen LogP contribution < -0.4 is 10.6 Å². The minimum absolute atomic E-state index is 0. The van der Waals surface area contributed by atoms with Crippen molar-refractivity contribution in [2.45, 2.75) is 32.6 Å². The maximum atomic E-state index is 13.5. The first-order valence-electron chi connectivity index (χ1n) is 7.99. The molecule has 0 aromatic heterocycles. The first kappa shape index (κ1) is 22.6. The van der Waals surface area contributed by atoms with Gasteiger partial charge in [0.1, 0.15) is 5.82 Å². The van der Waals surface area contributed by atoms with Gasteiger partial charge in [-0.05, 0) is 37.8 Å². The van der Waals surface area contributed by atoms with Gasteiger partial charge in [0.15, 0.2) is 5.96 Å². The third-order valence-corrected chi connectivity index (χ3v) is 3.28. The van der Waals surface area contributed by atoms with Crippen molar-refractivity contribution >= 4 is 35.9 Å². The molecule has 0 atom stereocenters. The molecule has 7 heteroatoms. The number of hydrogen-bond donors (Lipinski definition) is 2. The molecule has 5 nitrogen and oxygen atoms in total. The second kappa shape index (κ2) is 14.0. The number of halogens is 2. The molecule has 24 heavy (non-hydrogen) atoms. The van der Waals surface area contributed by atoms with Crippen molar-refractivity contribution in [2.75, 3.05) is 26.7 Å². The van der Waals surface area contributed by atoms with Crippen molar-refractivity contribution in [3.05, 3.63) is 35.6 Å². The summed E-state index contributed by atoms with van der Waals surface area (Å²) in [4.78, 5) is 15.4. The molecule has 0 saturated heterocycles. The van der Waals surface area contributed by atoms with Gasteiger partial charge in [0.2, 0.25) is 0 Å². The number of benzene rings is 1. The summed E-state index contributed by atoms with van der Waals surface area (Å²) < 4.78 is 18.1. The van der Waals surface area contributed by atoms with Gasteiger partial charge >= 0.3 is 5.97 Å². The van der Waals surface area contributed by atoms with E-state index >= 15 is 0 Å². The molecular formula is C17H27FIN3O2. The Balaban J connectivity index is 0.00000529. The van der Waals surface area contributed by atoms with Crippen LogP contribution in [0.4, 0.5) is 4.39 Å². The standard InChI is InChI=1S/C17H26FN3O2.HI/c1-3-19-17(20-12-7-6-10-16(22)23-2)21-13-11-14-8-4-5-9-15(14)18;/h4-5,8-9H,3,6-7,10-13H2,1-2H3,(H2,19,20,21);1H. The molecule has 0 bridgehead atoms. The molecule has 0 aliphatic carbocycles. The number of esters is 1. The Labute approximate surface area is 160 Å². The fraction of sp³-hybridized carbons (Fsp3) is 0.529. The minimum atomic E-state index is -0.191. The Morgan fingerprint density at radius 1 is 1.25 bits per heavy atom. The van der Waals surface area contributed by atoms with Crippen LogP contribution in [0.3, 0.4) is 0 Å². The molecule has 2 N–H and O–H groups in total. The van der Waals surface area contributed by atoms with E-state index in [2.05, 4.69) is 20.4 Å². The average Bonchev–Trinajstić information content (AvgIpc) is 2.56. The van der Waals surface area contributed by atoms with Crippen LogP contribution in [0.15, 0.2) is 29.3 Å². The van der Waals surface area contributed by atoms with Crippen LogP contribution in [0, 0.1) is 5.82 Å². The van der Waals surface area contributed by atoms with Crippen molar-refractivity contribution in [1.29, 1.82) is 0 Å². The van der Waals surface area contributed by atoms with Gasteiger partial charge in [0.05, 0.1) is 7.11 Å². The van der Waals surface area contributed by atoms with E-state index in [-0.39, 0.29) is 35.8 Å². The Hall–Kier alpha value is -1.38. The van der Waals surface area contributed by atoms with E-state index in [1.165, 1.54) is 13.2 Å². The molecule has 0 unspecified atom stereocenters. The molecule has 0 aliphatic rings. The van der Waals surface area contributed by atoms with E-state index in [4.69, 9.17) is 0 Å². The summed E-state index contributed by atoms with van der Waals surface area (Å²) >= 11 is 0. The number of guanidine groups is 1. The largest absolute Gasteiger partial charge is 0.469 e. The summed E-state index contributed by atoms with van der Waals surface area (Å²) in [6.07, 6.45) is 2.59. The molecule has 136 valence electrons. The average molecular weight is 451 g/mol. The van der Waals surface area contributed by atoms with Crippen molar-refractivity contribution < 1.29 is 13.9 Å². The van der Waals surface area contributed by atoms with E-state index in [0.29, 0.717) is 37.5 Å². The van der Waals surface area contributed by atoms with Crippen LogP contribution in [0.1, 0.15) is 31.7 Å². The van der Waals surface area contributed by atoms with Gasteiger partial charge < -0.3 is 15.4 Å². The summed E-state index contributed by atoms with van der Waals surface area (Å²) in [6, 6.07) is 6.77. The first-order chi connectivity index (χ1) is 11.2. The molecule has 0 saturated carbocycles. The van der Waals surface area contributed by atoms with Gasteiger partial charge in [-0.15, -0.1) is 24.0 Å². The zero-order valence-electron chi connectivity index (χ0n) is 14.3. The molecule has 0 spiro atoms. The molecule has 0 heterocycles. The Morgan fingerprint density at radius 3 is 2.67 bits per heavy atom. The second-order valence-electron chi connectivity index (χ2n) is 5.06. The quantitative estimate of drug-likeness (QED) is 0.199. The van der Waals surface area contributed by atoms with Crippen molar-refractivity contribution in [3.8, 4) is 0 Å². The molecule has 1 rings (SSSR count). The third-order valence-electron chi connectivity index (χ3n) is 3.28. The molecule has 1 aromatic rings. The van der Waals surface area contributed by atoms with Gasteiger partial charge in [-0.3, -0.25) is 9.79 Å². The number of carbonyl (C=O) groups excluding carboxylic acids is 1. The number of nitrogens with zero attached hydrogens (tertiary/aromatic N) is 1. The summed E-state index contributed by atoms with van der Waals surface area (Å²) in [5.41, 5.74) is 0.689. The highest BCUT2D eigenvalue weighted by Crippen LogP contribution is 2.06. The molecule has 0 fully saturated rings. The number of unbranched alkanes of at least 4 members (excludes halogenated alkanes) is 1. The number of aliphatic imine (C=N–C) groups is 1. The Bertz CT molecular complexity index is 512. The molecule has 0 aliphatic heterocycles. The monoisotopic (exact) mass is 451 g/mol. The number of nitrogens with one attached hydrogen (secondary N) is 2. The summed E-state index contributed by atoms with van der Waals surface area (Å²) in [6.45, 7) is 3.99. The second-order valence-corrected chi connectivity index (χ2v) is 5.06. The number of hydrogen-bond acceptors (Lipinski definition) is 3. The van der Waals surface area contributed by atoms with Gasteiger partial charge in [-0.25, -0.2) is 4.39 Å². The SMILES string of the molecule is CCNC(=NCCCCC(=O)OC)NCCc1ccccc1F.I. The van der Waals surface area contributed by atoms with Crippen LogP contribution in [-0.4, -0.2) is 38.7 Å². The lowest BCUT2D eigenvalue weighted by molar-refractivity contribution is -0.140. The van der Waals surface area contributed by atoms with Gasteiger partial charge in [-0.1, -0.05) is 18.2 Å². The van der Waals surface area contributed by atoms with E-state index < -0.39 is 0 Å². The fourth-order valence-electron chi connectivity index (χ4n) is 2.03. The maximum absolute atomic E-state index is 13.5. The summed E-state index contributed by atoms with van der Waals surface area (Å²) in [5.74, 6) is 0.338. The topological polar surface area (TPSA) is 62.7 Å². The normalized spacial score (nSPS) is 10.7. The van der Waals surface area contributed by atoms with Crippen LogP contribution in [0.5, 0.6) is 0 Å². The van der Waals surface area contributed by atoms with E-state index in [9.17, 15) is 9.18 Å².